The zero-order chi connectivity index (χ0) is 12.4. The molecule has 6 atom stereocenters. The van der Waals surface area contributed by atoms with Crippen LogP contribution >= 0.6 is 0 Å². The summed E-state index contributed by atoms with van der Waals surface area (Å²) in [5.74, 6) is 0. The van der Waals surface area contributed by atoms with E-state index in [1.165, 1.54) is 0 Å². The Labute approximate surface area is 100 Å². The van der Waals surface area contributed by atoms with Gasteiger partial charge in [0.25, 0.3) is 0 Å². The molecular weight excluding hydrogens is 224 g/mol. The third-order valence-corrected chi connectivity index (χ3v) is 3.27. The Morgan fingerprint density at radius 2 is 1.88 bits per heavy atom. The van der Waals surface area contributed by atoms with Crippen molar-refractivity contribution in [3.8, 4) is 0 Å². The highest BCUT2D eigenvalue weighted by Gasteiger charge is 2.42. The van der Waals surface area contributed by atoms with E-state index in [2.05, 4.69) is 0 Å². The molecule has 1 unspecified atom stereocenters. The summed E-state index contributed by atoms with van der Waals surface area (Å²) >= 11 is 0. The second kappa shape index (κ2) is 5.43. The topological polar surface area (TPSA) is 111 Å². The lowest BCUT2D eigenvalue weighted by atomic mass is 9.85. The Balaban J connectivity index is 1.96. The first-order chi connectivity index (χ1) is 8.09. The molecule has 17 heavy (non-hydrogen) atoms. The van der Waals surface area contributed by atoms with Crippen LogP contribution in [0.15, 0.2) is 12.2 Å². The van der Waals surface area contributed by atoms with E-state index in [1.54, 1.807) is 0 Å². The maximum Gasteiger partial charge on any atom is 0.161 e. The van der Waals surface area contributed by atoms with Crippen LogP contribution in [0.3, 0.4) is 0 Å². The number of hydrogen-bond donors (Lipinski definition) is 4. The molecule has 1 saturated carbocycles. The molecule has 0 radical (unpaired) electrons. The normalized spacial score (nSPS) is 47.1. The van der Waals surface area contributed by atoms with Crippen molar-refractivity contribution >= 4 is 0 Å². The van der Waals surface area contributed by atoms with Gasteiger partial charge in [-0.05, 0) is 6.42 Å². The summed E-state index contributed by atoms with van der Waals surface area (Å²) < 4.78 is 11.0. The van der Waals surface area contributed by atoms with Gasteiger partial charge in [-0.3, -0.25) is 0 Å². The van der Waals surface area contributed by atoms with Gasteiger partial charge < -0.3 is 31.2 Å². The van der Waals surface area contributed by atoms with Crippen LogP contribution in [0.2, 0.25) is 0 Å². The zero-order valence-electron chi connectivity index (χ0n) is 9.61. The third kappa shape index (κ3) is 2.85. The molecule has 0 aromatic carbocycles. The van der Waals surface area contributed by atoms with E-state index in [0.29, 0.717) is 19.4 Å². The Kier molecular flexibility index (Phi) is 4.13. The monoisotopic (exact) mass is 244 g/mol. The van der Waals surface area contributed by atoms with Gasteiger partial charge in [-0.25, -0.2) is 0 Å². The summed E-state index contributed by atoms with van der Waals surface area (Å²) in [4.78, 5) is 0. The first-order valence-corrected chi connectivity index (χ1v) is 5.89. The Morgan fingerprint density at radius 1 is 1.12 bits per heavy atom. The van der Waals surface area contributed by atoms with Gasteiger partial charge in [0.2, 0.25) is 0 Å². The highest BCUT2D eigenvalue weighted by atomic mass is 16.7. The van der Waals surface area contributed by atoms with E-state index in [0.717, 1.165) is 0 Å². The molecule has 98 valence electrons. The van der Waals surface area contributed by atoms with E-state index in [9.17, 15) is 10.2 Å². The molecule has 0 aromatic rings. The fraction of sp³-hybridized carbons (Fsp3) is 0.818. The van der Waals surface area contributed by atoms with Gasteiger partial charge in [0, 0.05) is 18.5 Å². The maximum absolute atomic E-state index is 9.90. The fourth-order valence-corrected chi connectivity index (χ4v) is 2.25. The highest BCUT2D eigenvalue weighted by Crippen LogP contribution is 2.23. The van der Waals surface area contributed by atoms with Crippen molar-refractivity contribution in [2.45, 2.75) is 49.5 Å². The Hall–Kier alpha value is -0.500. The van der Waals surface area contributed by atoms with Gasteiger partial charge in [-0.1, -0.05) is 12.2 Å². The van der Waals surface area contributed by atoms with Crippen molar-refractivity contribution in [1.82, 2.24) is 0 Å². The van der Waals surface area contributed by atoms with Crippen LogP contribution in [0.1, 0.15) is 12.8 Å². The van der Waals surface area contributed by atoms with Gasteiger partial charge >= 0.3 is 0 Å². The molecule has 6 heteroatoms. The predicted molar refractivity (Wildman–Crippen MR) is 61.0 cm³/mol. The second-order valence-electron chi connectivity index (χ2n) is 4.62. The summed E-state index contributed by atoms with van der Waals surface area (Å²) in [6.07, 6.45) is 1.79. The average molecular weight is 244 g/mol. The number of hydrogen-bond acceptors (Lipinski definition) is 6. The third-order valence-electron chi connectivity index (χ3n) is 3.27. The van der Waals surface area contributed by atoms with Crippen LogP contribution in [-0.2, 0) is 9.47 Å². The quantitative estimate of drug-likeness (QED) is 0.438. The van der Waals surface area contributed by atoms with Crippen molar-refractivity contribution in [3.05, 3.63) is 12.2 Å². The van der Waals surface area contributed by atoms with Crippen molar-refractivity contribution in [2.24, 2.45) is 11.5 Å². The van der Waals surface area contributed by atoms with Gasteiger partial charge in [0.1, 0.15) is 12.2 Å². The van der Waals surface area contributed by atoms with Gasteiger partial charge in [-0.15, -0.1) is 0 Å². The SMILES string of the molecule is N[C@@H]1C[C@H](N)[C@@H](OC2CC=CCO2)[C@H](O)[C@H]1O. The summed E-state index contributed by atoms with van der Waals surface area (Å²) in [6.45, 7) is 0.491. The minimum Gasteiger partial charge on any atom is -0.389 e. The van der Waals surface area contributed by atoms with Crippen LogP contribution < -0.4 is 11.5 Å². The lowest BCUT2D eigenvalue weighted by Crippen LogP contribution is -2.62. The van der Waals surface area contributed by atoms with Crippen LogP contribution in [-0.4, -0.2) is 53.5 Å². The number of nitrogens with two attached hydrogens (primary N) is 2. The smallest absolute Gasteiger partial charge is 0.161 e. The molecule has 0 saturated heterocycles. The van der Waals surface area contributed by atoms with Crippen molar-refractivity contribution < 1.29 is 19.7 Å². The molecule has 1 fully saturated rings. The molecule has 0 spiro atoms. The molecule has 6 nitrogen and oxygen atoms in total. The van der Waals surface area contributed by atoms with Crippen LogP contribution in [0.5, 0.6) is 0 Å². The minimum absolute atomic E-state index is 0.391. The average Bonchev–Trinajstić information content (AvgIpc) is 2.33. The lowest BCUT2D eigenvalue weighted by molar-refractivity contribution is -0.216. The standard InChI is InChI=1S/C11H20N2O4/c12-6-5-7(13)11(10(15)9(6)14)17-8-3-1-2-4-16-8/h1-2,6-11,14-15H,3-5,12-13H2/t6-,7+,8?,9+,10-,11-/m1/s1. The summed E-state index contributed by atoms with van der Waals surface area (Å²) in [7, 11) is 0. The van der Waals surface area contributed by atoms with E-state index in [1.807, 2.05) is 12.2 Å². The van der Waals surface area contributed by atoms with Crippen molar-refractivity contribution in [2.75, 3.05) is 6.61 Å². The molecular formula is C11H20N2O4. The van der Waals surface area contributed by atoms with Crippen LogP contribution in [0, 0.1) is 0 Å². The van der Waals surface area contributed by atoms with Gasteiger partial charge in [0.05, 0.1) is 12.7 Å². The first kappa shape index (κ1) is 12.9. The van der Waals surface area contributed by atoms with E-state index < -0.39 is 36.7 Å². The van der Waals surface area contributed by atoms with E-state index in [-0.39, 0.29) is 0 Å². The van der Waals surface area contributed by atoms with Gasteiger partial charge in [0.15, 0.2) is 6.29 Å². The molecule has 0 amide bonds. The molecule has 0 bridgehead atoms. The van der Waals surface area contributed by atoms with Crippen molar-refractivity contribution in [3.63, 3.8) is 0 Å². The molecule has 1 heterocycles. The summed E-state index contributed by atoms with van der Waals surface area (Å²) in [5.41, 5.74) is 11.6. The van der Waals surface area contributed by atoms with Crippen LogP contribution in [0.4, 0.5) is 0 Å². The largest absolute Gasteiger partial charge is 0.389 e. The number of ether oxygens (including phenoxy) is 2. The molecule has 0 aromatic heterocycles. The molecule has 6 N–H and O–H groups in total. The first-order valence-electron chi connectivity index (χ1n) is 5.89. The fourth-order valence-electron chi connectivity index (χ4n) is 2.25. The Bertz CT molecular complexity index is 287. The summed E-state index contributed by atoms with van der Waals surface area (Å²) in [5, 5.41) is 19.6. The number of aliphatic hydroxyl groups excluding tert-OH is 2. The predicted octanol–water partition coefficient (Wildman–Crippen LogP) is -1.55. The Morgan fingerprint density at radius 3 is 2.53 bits per heavy atom. The molecule has 2 aliphatic rings. The number of rotatable bonds is 2. The molecule has 1 aliphatic heterocycles. The van der Waals surface area contributed by atoms with Crippen molar-refractivity contribution in [1.29, 1.82) is 0 Å². The van der Waals surface area contributed by atoms with E-state index >= 15 is 0 Å². The van der Waals surface area contributed by atoms with E-state index in [4.69, 9.17) is 20.9 Å². The van der Waals surface area contributed by atoms with Gasteiger partial charge in [-0.2, -0.15) is 0 Å². The van der Waals surface area contributed by atoms with Crippen LogP contribution in [0.25, 0.3) is 0 Å². The lowest BCUT2D eigenvalue weighted by Gasteiger charge is -2.41. The summed E-state index contributed by atoms with van der Waals surface area (Å²) in [6, 6.07) is -0.898. The zero-order valence-corrected chi connectivity index (χ0v) is 9.61. The maximum atomic E-state index is 9.90. The number of aliphatic hydroxyl groups is 2. The molecule has 2 rings (SSSR count). The second-order valence-corrected chi connectivity index (χ2v) is 4.62. The highest BCUT2D eigenvalue weighted by molar-refractivity contribution is 4.98. The minimum atomic E-state index is -1.07. The molecule has 1 aliphatic carbocycles.